The van der Waals surface area contributed by atoms with E-state index < -0.39 is 0 Å². The van der Waals surface area contributed by atoms with E-state index in [-0.39, 0.29) is 0 Å². The Hall–Kier alpha value is -0.790. The lowest BCUT2D eigenvalue weighted by Crippen LogP contribution is -2.30. The predicted octanol–water partition coefficient (Wildman–Crippen LogP) is 4.16. The van der Waals surface area contributed by atoms with Crippen molar-refractivity contribution in [1.29, 1.82) is 0 Å². The van der Waals surface area contributed by atoms with Crippen molar-refractivity contribution in [2.75, 3.05) is 13.1 Å². The smallest absolute Gasteiger partial charge is 0.222 e. The van der Waals surface area contributed by atoms with Crippen molar-refractivity contribution < 1.29 is 4.79 Å². The minimum atomic E-state index is 0.323. The number of rotatable bonds is 10. The monoisotopic (exact) mass is 239 g/mol. The number of unbranched alkanes of at least 4 members (excludes halogenated alkanes) is 5. The minimum absolute atomic E-state index is 0.323. The van der Waals surface area contributed by atoms with Crippen LogP contribution in [0.1, 0.15) is 65.7 Å². The first kappa shape index (κ1) is 16.2. The van der Waals surface area contributed by atoms with Crippen LogP contribution in [-0.2, 0) is 4.79 Å². The third-order valence-electron chi connectivity index (χ3n) is 3.11. The quantitative estimate of drug-likeness (QED) is 0.414. The van der Waals surface area contributed by atoms with Crippen LogP contribution in [0, 0.1) is 0 Å². The van der Waals surface area contributed by atoms with Gasteiger partial charge in [-0.15, -0.1) is 0 Å². The lowest BCUT2D eigenvalue weighted by Gasteiger charge is -2.18. The Bertz CT molecular complexity index is 207. The average molecular weight is 239 g/mol. The van der Waals surface area contributed by atoms with Crippen LogP contribution in [0.25, 0.3) is 0 Å². The number of amides is 1. The second-order valence-electron chi connectivity index (χ2n) is 4.44. The van der Waals surface area contributed by atoms with Gasteiger partial charge in [-0.1, -0.05) is 31.4 Å². The van der Waals surface area contributed by atoms with Crippen molar-refractivity contribution in [1.82, 2.24) is 4.90 Å². The van der Waals surface area contributed by atoms with Crippen LogP contribution in [0.5, 0.6) is 0 Å². The molecule has 0 saturated heterocycles. The molecule has 0 heterocycles. The van der Waals surface area contributed by atoms with E-state index in [9.17, 15) is 4.79 Å². The van der Waals surface area contributed by atoms with Crippen LogP contribution >= 0.6 is 0 Å². The molecule has 100 valence electrons. The number of nitrogens with zero attached hydrogens (tertiary/aromatic N) is 1. The lowest BCUT2D eigenvalue weighted by molar-refractivity contribution is -0.130. The molecule has 0 aromatic rings. The van der Waals surface area contributed by atoms with E-state index in [1.165, 1.54) is 32.1 Å². The standard InChI is InChI=1S/C15H29NO/c1-4-7-8-9-10-11-12-13-14-15(17)16(5-2)6-3/h4,7H,5-6,8-14H2,1-3H3/b7-4-. The van der Waals surface area contributed by atoms with Gasteiger partial charge in [0.15, 0.2) is 0 Å². The van der Waals surface area contributed by atoms with Crippen LogP contribution < -0.4 is 0 Å². The fraction of sp³-hybridized carbons (Fsp3) is 0.800. The molecule has 0 rings (SSSR count). The second-order valence-corrected chi connectivity index (χ2v) is 4.44. The van der Waals surface area contributed by atoms with E-state index in [1.54, 1.807) is 0 Å². The van der Waals surface area contributed by atoms with Crippen molar-refractivity contribution in [2.24, 2.45) is 0 Å². The van der Waals surface area contributed by atoms with Crippen LogP contribution in [0.2, 0.25) is 0 Å². The summed E-state index contributed by atoms with van der Waals surface area (Å²) in [5.41, 5.74) is 0. The Kier molecular flexibility index (Phi) is 11.1. The van der Waals surface area contributed by atoms with Gasteiger partial charge >= 0.3 is 0 Å². The van der Waals surface area contributed by atoms with Gasteiger partial charge in [0.1, 0.15) is 0 Å². The van der Waals surface area contributed by atoms with Crippen molar-refractivity contribution >= 4 is 5.91 Å². The van der Waals surface area contributed by atoms with Gasteiger partial charge in [-0.3, -0.25) is 4.79 Å². The zero-order valence-electron chi connectivity index (χ0n) is 11.9. The van der Waals surface area contributed by atoms with Crippen molar-refractivity contribution in [3.63, 3.8) is 0 Å². The molecule has 0 aliphatic heterocycles. The zero-order valence-corrected chi connectivity index (χ0v) is 11.9. The van der Waals surface area contributed by atoms with Gasteiger partial charge in [0, 0.05) is 19.5 Å². The molecule has 0 aromatic carbocycles. The predicted molar refractivity (Wildman–Crippen MR) is 75.1 cm³/mol. The summed E-state index contributed by atoms with van der Waals surface area (Å²) in [6, 6.07) is 0. The Labute approximate surface area is 107 Å². The maximum atomic E-state index is 11.7. The topological polar surface area (TPSA) is 20.3 Å². The summed E-state index contributed by atoms with van der Waals surface area (Å²) in [7, 11) is 0. The Morgan fingerprint density at radius 1 is 1.00 bits per heavy atom. The number of hydrogen-bond donors (Lipinski definition) is 0. The normalized spacial score (nSPS) is 11.0. The van der Waals surface area contributed by atoms with Crippen molar-refractivity contribution in [3.05, 3.63) is 12.2 Å². The molecular weight excluding hydrogens is 210 g/mol. The van der Waals surface area contributed by atoms with Gasteiger partial charge < -0.3 is 4.90 Å². The molecule has 0 fully saturated rings. The lowest BCUT2D eigenvalue weighted by atomic mass is 10.1. The summed E-state index contributed by atoms with van der Waals surface area (Å²) in [5.74, 6) is 0.323. The first-order valence-corrected chi connectivity index (χ1v) is 7.15. The molecule has 0 aliphatic rings. The van der Waals surface area contributed by atoms with E-state index in [2.05, 4.69) is 19.1 Å². The highest BCUT2D eigenvalue weighted by Crippen LogP contribution is 2.08. The molecule has 0 aromatic heterocycles. The highest BCUT2D eigenvalue weighted by molar-refractivity contribution is 5.75. The van der Waals surface area contributed by atoms with Crippen molar-refractivity contribution in [3.8, 4) is 0 Å². The third kappa shape index (κ3) is 8.96. The number of hydrogen-bond acceptors (Lipinski definition) is 1. The molecule has 0 spiro atoms. The molecule has 0 bridgehead atoms. The molecule has 0 atom stereocenters. The highest BCUT2D eigenvalue weighted by Gasteiger charge is 2.07. The van der Waals surface area contributed by atoms with Crippen LogP contribution in [0.4, 0.5) is 0 Å². The first-order chi connectivity index (χ1) is 8.26. The first-order valence-electron chi connectivity index (χ1n) is 7.15. The second kappa shape index (κ2) is 11.7. The van der Waals surface area contributed by atoms with Crippen LogP contribution in [0.15, 0.2) is 12.2 Å². The Morgan fingerprint density at radius 2 is 1.59 bits per heavy atom. The number of carbonyl (C=O) groups is 1. The van der Waals surface area contributed by atoms with Gasteiger partial charge in [-0.25, -0.2) is 0 Å². The minimum Gasteiger partial charge on any atom is -0.343 e. The SMILES string of the molecule is C/C=C\CCCCCCCC(=O)N(CC)CC. The molecular formula is C15H29NO. The molecule has 2 heteroatoms. The summed E-state index contributed by atoms with van der Waals surface area (Å²) < 4.78 is 0. The maximum Gasteiger partial charge on any atom is 0.222 e. The molecule has 0 aliphatic carbocycles. The summed E-state index contributed by atoms with van der Waals surface area (Å²) in [5, 5.41) is 0. The largest absolute Gasteiger partial charge is 0.343 e. The van der Waals surface area contributed by atoms with Crippen LogP contribution in [0.3, 0.4) is 0 Å². The Morgan fingerprint density at radius 3 is 2.18 bits per heavy atom. The summed E-state index contributed by atoms with van der Waals surface area (Å²) in [6.07, 6.45) is 12.4. The van der Waals surface area contributed by atoms with E-state index in [0.29, 0.717) is 5.91 Å². The summed E-state index contributed by atoms with van der Waals surface area (Å²) in [6.45, 7) is 7.85. The van der Waals surface area contributed by atoms with Gasteiger partial charge in [-0.2, -0.15) is 0 Å². The van der Waals surface area contributed by atoms with Gasteiger partial charge in [0.25, 0.3) is 0 Å². The average Bonchev–Trinajstić information content (AvgIpc) is 2.34. The van der Waals surface area contributed by atoms with E-state index in [1.807, 2.05) is 18.7 Å². The molecule has 0 unspecified atom stereocenters. The molecule has 2 nitrogen and oxygen atoms in total. The van der Waals surface area contributed by atoms with E-state index in [4.69, 9.17) is 0 Å². The van der Waals surface area contributed by atoms with Crippen molar-refractivity contribution in [2.45, 2.75) is 65.7 Å². The molecule has 17 heavy (non-hydrogen) atoms. The fourth-order valence-corrected chi connectivity index (χ4v) is 1.97. The molecule has 0 N–H and O–H groups in total. The van der Waals surface area contributed by atoms with Gasteiger partial charge in [-0.05, 0) is 40.0 Å². The van der Waals surface area contributed by atoms with E-state index >= 15 is 0 Å². The zero-order chi connectivity index (χ0) is 12.9. The Balaban J connectivity index is 3.36. The maximum absolute atomic E-state index is 11.7. The summed E-state index contributed by atoms with van der Waals surface area (Å²) in [4.78, 5) is 13.6. The number of carbonyl (C=O) groups excluding carboxylic acids is 1. The fourth-order valence-electron chi connectivity index (χ4n) is 1.97. The number of allylic oxidation sites excluding steroid dienone is 2. The van der Waals surface area contributed by atoms with Crippen LogP contribution in [-0.4, -0.2) is 23.9 Å². The third-order valence-corrected chi connectivity index (χ3v) is 3.11. The van der Waals surface area contributed by atoms with E-state index in [0.717, 1.165) is 25.9 Å². The summed E-state index contributed by atoms with van der Waals surface area (Å²) >= 11 is 0. The van der Waals surface area contributed by atoms with Gasteiger partial charge in [0.2, 0.25) is 5.91 Å². The molecule has 0 radical (unpaired) electrons. The van der Waals surface area contributed by atoms with Gasteiger partial charge in [0.05, 0.1) is 0 Å². The molecule has 0 saturated carbocycles. The highest BCUT2D eigenvalue weighted by atomic mass is 16.2. The molecule has 1 amide bonds.